The van der Waals surface area contributed by atoms with Gasteiger partial charge in [0.1, 0.15) is 6.54 Å². The maximum absolute atomic E-state index is 12.2. The van der Waals surface area contributed by atoms with E-state index in [2.05, 4.69) is 10.1 Å². The first kappa shape index (κ1) is 15.5. The first-order chi connectivity index (χ1) is 9.85. The fraction of sp³-hybridized carbons (Fsp3) is 0.385. The molecule has 1 aromatic rings. The van der Waals surface area contributed by atoms with Crippen LogP contribution in [0.3, 0.4) is 0 Å². The second-order valence-corrected chi connectivity index (χ2v) is 6.49. The van der Waals surface area contributed by atoms with Gasteiger partial charge in [-0.1, -0.05) is 19.1 Å². The lowest BCUT2D eigenvalue weighted by molar-refractivity contribution is -0.122. The lowest BCUT2D eigenvalue weighted by atomic mass is 10.2. The van der Waals surface area contributed by atoms with E-state index in [1.165, 1.54) is 18.2 Å². The average Bonchev–Trinajstić information content (AvgIpc) is 2.44. The summed E-state index contributed by atoms with van der Waals surface area (Å²) in [5, 5.41) is 3.50. The van der Waals surface area contributed by atoms with Crippen LogP contribution in [-0.4, -0.2) is 37.8 Å². The van der Waals surface area contributed by atoms with Crippen LogP contribution in [0.5, 0.6) is 0 Å². The van der Waals surface area contributed by atoms with E-state index in [4.69, 9.17) is 0 Å². The van der Waals surface area contributed by atoms with Crippen molar-refractivity contribution in [3.63, 3.8) is 0 Å². The van der Waals surface area contributed by atoms with Crippen LogP contribution in [0.25, 0.3) is 0 Å². The third kappa shape index (κ3) is 3.22. The molecule has 0 bridgehead atoms. The Bertz CT molecular complexity index is 672. The van der Waals surface area contributed by atoms with E-state index >= 15 is 0 Å². The summed E-state index contributed by atoms with van der Waals surface area (Å²) < 4.78 is 24.1. The summed E-state index contributed by atoms with van der Waals surface area (Å²) >= 11 is 0. The van der Waals surface area contributed by atoms with Gasteiger partial charge in [0, 0.05) is 6.04 Å². The molecular formula is C13H17N3O4S. The first-order valence-corrected chi connectivity index (χ1v) is 8.06. The van der Waals surface area contributed by atoms with Crippen molar-refractivity contribution in [3.05, 3.63) is 29.8 Å². The summed E-state index contributed by atoms with van der Waals surface area (Å²) in [5.74, 6) is -0.959. The van der Waals surface area contributed by atoms with E-state index < -0.39 is 21.8 Å². The Balaban J connectivity index is 2.21. The molecule has 1 atom stereocenters. The Hall–Kier alpha value is -1.93. The Kier molecular flexibility index (Phi) is 4.29. The number of hydrogen-bond donors (Lipinski definition) is 2. The van der Waals surface area contributed by atoms with Gasteiger partial charge in [-0.05, 0) is 25.5 Å². The molecule has 1 aromatic carbocycles. The molecule has 1 aliphatic heterocycles. The number of amides is 2. The molecule has 0 unspecified atom stereocenters. The van der Waals surface area contributed by atoms with Gasteiger partial charge in [0.25, 0.3) is 15.9 Å². The number of fused-ring (bicyclic) bond motifs is 1. The van der Waals surface area contributed by atoms with Crippen molar-refractivity contribution >= 4 is 21.8 Å². The van der Waals surface area contributed by atoms with E-state index in [1.807, 2.05) is 13.8 Å². The van der Waals surface area contributed by atoms with Crippen molar-refractivity contribution in [3.8, 4) is 0 Å². The number of hydrazine groups is 1. The van der Waals surface area contributed by atoms with Crippen LogP contribution in [0.2, 0.25) is 0 Å². The van der Waals surface area contributed by atoms with Gasteiger partial charge in [-0.3, -0.25) is 14.6 Å². The third-order valence-corrected chi connectivity index (χ3v) is 4.60. The van der Waals surface area contributed by atoms with Crippen molar-refractivity contribution in [1.82, 2.24) is 15.2 Å². The molecule has 21 heavy (non-hydrogen) atoms. The summed E-state index contributed by atoms with van der Waals surface area (Å²) in [6.07, 6.45) is 0.744. The van der Waals surface area contributed by atoms with E-state index in [9.17, 15) is 18.0 Å². The van der Waals surface area contributed by atoms with Crippen LogP contribution >= 0.6 is 0 Å². The number of benzene rings is 1. The Morgan fingerprint density at radius 3 is 2.71 bits per heavy atom. The normalized spacial score (nSPS) is 18.0. The second kappa shape index (κ2) is 5.82. The largest absolute Gasteiger partial charge is 0.352 e. The Morgan fingerprint density at radius 1 is 1.38 bits per heavy atom. The van der Waals surface area contributed by atoms with Gasteiger partial charge in [-0.25, -0.2) is 8.42 Å². The number of nitrogens with zero attached hydrogens (tertiary/aromatic N) is 1. The van der Waals surface area contributed by atoms with Gasteiger partial charge in [0.2, 0.25) is 5.91 Å². The quantitative estimate of drug-likeness (QED) is 0.833. The minimum absolute atomic E-state index is 0.0405. The van der Waals surface area contributed by atoms with Crippen molar-refractivity contribution in [2.45, 2.75) is 31.2 Å². The average molecular weight is 311 g/mol. The molecule has 0 aromatic heterocycles. The molecule has 8 heteroatoms. The number of hydrogen-bond acceptors (Lipinski definition) is 4. The van der Waals surface area contributed by atoms with Gasteiger partial charge in [0.05, 0.1) is 10.5 Å². The fourth-order valence-corrected chi connectivity index (χ4v) is 3.17. The summed E-state index contributed by atoms with van der Waals surface area (Å²) in [6.45, 7) is 3.38. The maximum atomic E-state index is 12.2. The molecule has 0 spiro atoms. The number of nitrogens with one attached hydrogen (secondary N) is 2. The highest BCUT2D eigenvalue weighted by atomic mass is 32.2. The molecule has 0 saturated heterocycles. The number of carbonyl (C=O) groups excluding carboxylic acids is 2. The van der Waals surface area contributed by atoms with Gasteiger partial charge in [0.15, 0.2) is 0 Å². The number of carbonyl (C=O) groups is 2. The molecule has 1 heterocycles. The monoisotopic (exact) mass is 311 g/mol. The van der Waals surface area contributed by atoms with Gasteiger partial charge < -0.3 is 5.32 Å². The second-order valence-electron chi connectivity index (χ2n) is 4.86. The molecule has 7 nitrogen and oxygen atoms in total. The standard InChI is InChI=1S/C13H17N3O4S/c1-3-9(2)14-12(17)8-16-13(18)10-6-4-5-7-11(10)21(19,20)15-16/h4-7,9,15H,3,8H2,1-2H3,(H,14,17)/t9-/m1/s1. The van der Waals surface area contributed by atoms with Crippen LogP contribution in [0, 0.1) is 0 Å². The molecule has 2 amide bonds. The minimum atomic E-state index is -3.83. The van der Waals surface area contributed by atoms with Crippen molar-refractivity contribution in [2.75, 3.05) is 6.54 Å². The van der Waals surface area contributed by atoms with E-state index in [0.29, 0.717) is 0 Å². The lowest BCUT2D eigenvalue weighted by Gasteiger charge is -2.28. The highest BCUT2D eigenvalue weighted by Crippen LogP contribution is 2.21. The molecule has 114 valence electrons. The molecule has 2 rings (SSSR count). The summed E-state index contributed by atoms with van der Waals surface area (Å²) in [7, 11) is -3.83. The van der Waals surface area contributed by atoms with Gasteiger partial charge in [-0.15, -0.1) is 4.83 Å². The van der Waals surface area contributed by atoms with Gasteiger partial charge in [-0.2, -0.15) is 0 Å². The van der Waals surface area contributed by atoms with Crippen LogP contribution in [0.4, 0.5) is 0 Å². The van der Waals surface area contributed by atoms with Crippen molar-refractivity contribution in [2.24, 2.45) is 0 Å². The number of rotatable bonds is 4. The van der Waals surface area contributed by atoms with Crippen LogP contribution < -0.4 is 10.1 Å². The highest BCUT2D eigenvalue weighted by molar-refractivity contribution is 7.89. The lowest BCUT2D eigenvalue weighted by Crippen LogP contribution is -2.54. The van der Waals surface area contributed by atoms with Crippen molar-refractivity contribution in [1.29, 1.82) is 0 Å². The van der Waals surface area contributed by atoms with Crippen LogP contribution in [0.1, 0.15) is 30.6 Å². The zero-order valence-electron chi connectivity index (χ0n) is 11.8. The third-order valence-electron chi connectivity index (χ3n) is 3.20. The topological polar surface area (TPSA) is 95.6 Å². The van der Waals surface area contributed by atoms with E-state index in [1.54, 1.807) is 6.07 Å². The minimum Gasteiger partial charge on any atom is -0.352 e. The Morgan fingerprint density at radius 2 is 2.05 bits per heavy atom. The molecule has 1 aliphatic rings. The SMILES string of the molecule is CC[C@@H](C)NC(=O)CN1NS(=O)(=O)c2ccccc2C1=O. The molecule has 0 saturated carbocycles. The van der Waals surface area contributed by atoms with Crippen molar-refractivity contribution < 1.29 is 18.0 Å². The van der Waals surface area contributed by atoms with E-state index in [0.717, 1.165) is 11.4 Å². The summed E-state index contributed by atoms with van der Waals surface area (Å²) in [6, 6.07) is 5.86. The molecule has 0 radical (unpaired) electrons. The first-order valence-electron chi connectivity index (χ1n) is 6.58. The maximum Gasteiger partial charge on any atom is 0.270 e. The predicted molar refractivity (Wildman–Crippen MR) is 75.7 cm³/mol. The molecule has 0 fully saturated rings. The zero-order chi connectivity index (χ0) is 15.6. The van der Waals surface area contributed by atoms with E-state index in [-0.39, 0.29) is 23.0 Å². The molecule has 2 N–H and O–H groups in total. The molecule has 0 aliphatic carbocycles. The smallest absolute Gasteiger partial charge is 0.270 e. The summed E-state index contributed by atoms with van der Waals surface area (Å²) in [5.41, 5.74) is 0.0626. The van der Waals surface area contributed by atoms with Gasteiger partial charge >= 0.3 is 0 Å². The fourth-order valence-electron chi connectivity index (χ4n) is 1.93. The predicted octanol–water partition coefficient (Wildman–Crippen LogP) is 0.250. The highest BCUT2D eigenvalue weighted by Gasteiger charge is 2.34. The summed E-state index contributed by atoms with van der Waals surface area (Å²) in [4.78, 5) is 26.1. The Labute approximate surface area is 123 Å². The molecular weight excluding hydrogens is 294 g/mol. The van der Waals surface area contributed by atoms with Crippen LogP contribution in [0.15, 0.2) is 29.2 Å². The number of sulfonamides is 1. The zero-order valence-corrected chi connectivity index (χ0v) is 12.6. The van der Waals surface area contributed by atoms with Crippen LogP contribution in [-0.2, 0) is 14.8 Å².